The van der Waals surface area contributed by atoms with Gasteiger partial charge in [0.25, 0.3) is 0 Å². The van der Waals surface area contributed by atoms with Crippen LogP contribution in [-0.2, 0) is 0 Å². The van der Waals surface area contributed by atoms with E-state index < -0.39 is 0 Å². The summed E-state index contributed by atoms with van der Waals surface area (Å²) in [6.45, 7) is 0. The third-order valence-electron chi connectivity index (χ3n) is 3.11. The summed E-state index contributed by atoms with van der Waals surface area (Å²) in [4.78, 5) is 0. The predicted octanol–water partition coefficient (Wildman–Crippen LogP) is 0.495. The fraction of sp³-hybridized carbons (Fsp3) is 1.00. The smallest absolute Gasteiger partial charge is 0.0719 e. The molecule has 2 bridgehead atoms. The number of fused-ring (bicyclic) bond motifs is 2. The zero-order valence-electron chi connectivity index (χ0n) is 6.16. The molecule has 2 aliphatic rings. The van der Waals surface area contributed by atoms with Crippen LogP contribution in [0.2, 0.25) is 0 Å². The Morgan fingerprint density at radius 2 is 2.00 bits per heavy atom. The zero-order chi connectivity index (χ0) is 7.14. The van der Waals surface area contributed by atoms with Crippen molar-refractivity contribution in [3.05, 3.63) is 0 Å². The van der Waals surface area contributed by atoms with Crippen LogP contribution in [0, 0.1) is 11.8 Å². The molecule has 0 saturated heterocycles. The Balaban J connectivity index is 2.09. The maximum absolute atomic E-state index is 9.54. The van der Waals surface area contributed by atoms with Crippen LogP contribution in [0.1, 0.15) is 25.7 Å². The Bertz CT molecular complexity index is 137. The fourth-order valence-electron chi connectivity index (χ4n) is 2.51. The van der Waals surface area contributed by atoms with Gasteiger partial charge in [-0.25, -0.2) is 0 Å². The maximum Gasteiger partial charge on any atom is 0.0719 e. The standard InChI is InChI=1S/C8H15NO/c9-7-4-5-1-2-6(3-5)8(7)10/h5-8,10H,1-4,9H2. The highest BCUT2D eigenvalue weighted by Gasteiger charge is 2.39. The van der Waals surface area contributed by atoms with Crippen LogP contribution in [0.4, 0.5) is 0 Å². The highest BCUT2D eigenvalue weighted by molar-refractivity contribution is 4.93. The summed E-state index contributed by atoms with van der Waals surface area (Å²) in [5, 5.41) is 9.54. The second-order valence-electron chi connectivity index (χ2n) is 3.83. The van der Waals surface area contributed by atoms with Crippen molar-refractivity contribution in [3.63, 3.8) is 0 Å². The van der Waals surface area contributed by atoms with E-state index in [1.165, 1.54) is 19.3 Å². The van der Waals surface area contributed by atoms with Gasteiger partial charge in [-0.05, 0) is 31.1 Å². The molecule has 2 saturated carbocycles. The molecule has 2 nitrogen and oxygen atoms in total. The fourth-order valence-corrected chi connectivity index (χ4v) is 2.51. The molecule has 4 unspecified atom stereocenters. The van der Waals surface area contributed by atoms with Crippen molar-refractivity contribution in [2.45, 2.75) is 37.8 Å². The number of aliphatic hydroxyl groups is 1. The average molecular weight is 141 g/mol. The molecule has 3 N–H and O–H groups in total. The zero-order valence-corrected chi connectivity index (χ0v) is 6.16. The van der Waals surface area contributed by atoms with E-state index in [1.807, 2.05) is 0 Å². The SMILES string of the molecule is NC1CC2CCC(C2)C1O. The number of nitrogens with two attached hydrogens (primary N) is 1. The Labute approximate surface area is 61.4 Å². The van der Waals surface area contributed by atoms with Crippen LogP contribution >= 0.6 is 0 Å². The van der Waals surface area contributed by atoms with Crippen molar-refractivity contribution in [1.82, 2.24) is 0 Å². The Kier molecular flexibility index (Phi) is 1.46. The third-order valence-corrected chi connectivity index (χ3v) is 3.11. The molecular formula is C8H15NO. The highest BCUT2D eigenvalue weighted by Crippen LogP contribution is 2.41. The van der Waals surface area contributed by atoms with E-state index >= 15 is 0 Å². The molecule has 2 aliphatic carbocycles. The molecule has 0 aromatic carbocycles. The van der Waals surface area contributed by atoms with Gasteiger partial charge in [-0.2, -0.15) is 0 Å². The van der Waals surface area contributed by atoms with Gasteiger partial charge in [0.15, 0.2) is 0 Å². The molecule has 58 valence electrons. The van der Waals surface area contributed by atoms with Crippen molar-refractivity contribution in [2.24, 2.45) is 17.6 Å². The van der Waals surface area contributed by atoms with Gasteiger partial charge < -0.3 is 10.8 Å². The molecule has 2 heteroatoms. The second-order valence-corrected chi connectivity index (χ2v) is 3.83. The lowest BCUT2D eigenvalue weighted by Gasteiger charge is -2.30. The van der Waals surface area contributed by atoms with Gasteiger partial charge >= 0.3 is 0 Å². The number of aliphatic hydroxyl groups excluding tert-OH is 1. The molecule has 4 atom stereocenters. The summed E-state index contributed by atoms with van der Waals surface area (Å²) >= 11 is 0. The highest BCUT2D eigenvalue weighted by atomic mass is 16.3. The minimum absolute atomic E-state index is 0.0752. The second kappa shape index (κ2) is 2.21. The van der Waals surface area contributed by atoms with E-state index in [4.69, 9.17) is 5.73 Å². The maximum atomic E-state index is 9.54. The molecule has 0 aromatic rings. The topological polar surface area (TPSA) is 46.2 Å². The Morgan fingerprint density at radius 1 is 1.20 bits per heavy atom. The van der Waals surface area contributed by atoms with E-state index in [-0.39, 0.29) is 12.1 Å². The van der Waals surface area contributed by atoms with Crippen molar-refractivity contribution >= 4 is 0 Å². The largest absolute Gasteiger partial charge is 0.391 e. The first-order valence-corrected chi connectivity index (χ1v) is 4.21. The first-order valence-electron chi connectivity index (χ1n) is 4.21. The lowest BCUT2D eigenvalue weighted by Crippen LogP contribution is -2.42. The Morgan fingerprint density at radius 3 is 2.80 bits per heavy atom. The molecule has 10 heavy (non-hydrogen) atoms. The number of hydrogen-bond acceptors (Lipinski definition) is 2. The van der Waals surface area contributed by atoms with Crippen LogP contribution in [0.15, 0.2) is 0 Å². The number of hydrogen-bond donors (Lipinski definition) is 2. The van der Waals surface area contributed by atoms with Gasteiger partial charge in [-0.15, -0.1) is 0 Å². The van der Waals surface area contributed by atoms with Gasteiger partial charge in [0.1, 0.15) is 0 Å². The van der Waals surface area contributed by atoms with Gasteiger partial charge in [-0.3, -0.25) is 0 Å². The molecule has 0 radical (unpaired) electrons. The van der Waals surface area contributed by atoms with Gasteiger partial charge in [0.2, 0.25) is 0 Å². The van der Waals surface area contributed by atoms with Crippen LogP contribution in [-0.4, -0.2) is 17.3 Å². The molecular weight excluding hydrogens is 126 g/mol. The van der Waals surface area contributed by atoms with E-state index in [0.29, 0.717) is 5.92 Å². The minimum Gasteiger partial charge on any atom is -0.391 e. The van der Waals surface area contributed by atoms with Gasteiger partial charge in [0.05, 0.1) is 6.10 Å². The molecule has 0 aliphatic heterocycles. The molecule has 0 heterocycles. The summed E-state index contributed by atoms with van der Waals surface area (Å²) in [5.74, 6) is 1.37. The average Bonchev–Trinajstić information content (AvgIpc) is 2.29. The van der Waals surface area contributed by atoms with Crippen LogP contribution in [0.5, 0.6) is 0 Å². The minimum atomic E-state index is -0.196. The first kappa shape index (κ1) is 6.62. The summed E-state index contributed by atoms with van der Waals surface area (Å²) in [7, 11) is 0. The molecule has 2 rings (SSSR count). The van der Waals surface area contributed by atoms with Gasteiger partial charge in [0, 0.05) is 6.04 Å². The normalized spacial score (nSPS) is 53.4. The molecule has 2 fully saturated rings. The molecule has 0 amide bonds. The van der Waals surface area contributed by atoms with Crippen LogP contribution < -0.4 is 5.73 Å². The lowest BCUT2D eigenvalue weighted by atomic mass is 9.83. The summed E-state index contributed by atoms with van der Waals surface area (Å²) in [6, 6.07) is 0.0752. The van der Waals surface area contributed by atoms with Crippen molar-refractivity contribution in [1.29, 1.82) is 0 Å². The lowest BCUT2D eigenvalue weighted by molar-refractivity contribution is 0.0576. The van der Waals surface area contributed by atoms with Crippen LogP contribution in [0.3, 0.4) is 0 Å². The van der Waals surface area contributed by atoms with Crippen molar-refractivity contribution in [3.8, 4) is 0 Å². The van der Waals surface area contributed by atoms with E-state index in [1.54, 1.807) is 0 Å². The van der Waals surface area contributed by atoms with Crippen molar-refractivity contribution in [2.75, 3.05) is 0 Å². The van der Waals surface area contributed by atoms with Crippen molar-refractivity contribution < 1.29 is 5.11 Å². The molecule has 0 aromatic heterocycles. The monoisotopic (exact) mass is 141 g/mol. The quantitative estimate of drug-likeness (QED) is 0.516. The Hall–Kier alpha value is -0.0800. The van der Waals surface area contributed by atoms with E-state index in [2.05, 4.69) is 0 Å². The predicted molar refractivity (Wildman–Crippen MR) is 39.4 cm³/mol. The first-order chi connectivity index (χ1) is 4.77. The van der Waals surface area contributed by atoms with E-state index in [0.717, 1.165) is 12.3 Å². The van der Waals surface area contributed by atoms with E-state index in [9.17, 15) is 5.11 Å². The molecule has 0 spiro atoms. The third kappa shape index (κ3) is 0.867. The summed E-state index contributed by atoms with van der Waals surface area (Å²) in [6.07, 6.45) is 4.60. The number of rotatable bonds is 0. The summed E-state index contributed by atoms with van der Waals surface area (Å²) < 4.78 is 0. The summed E-state index contributed by atoms with van der Waals surface area (Å²) in [5.41, 5.74) is 5.75. The van der Waals surface area contributed by atoms with Crippen LogP contribution in [0.25, 0.3) is 0 Å². The van der Waals surface area contributed by atoms with Gasteiger partial charge in [-0.1, -0.05) is 6.42 Å².